The average Bonchev–Trinajstić information content (AvgIpc) is 4.08. The molecular formula is C48H50N4O3. The minimum absolute atomic E-state index is 0.184. The summed E-state index contributed by atoms with van der Waals surface area (Å²) < 4.78 is 18.3. The molecule has 2 unspecified atom stereocenters. The predicted molar refractivity (Wildman–Crippen MR) is 220 cm³/mol. The number of ether oxygens (including phenoxy) is 1. The number of hydrogen-bond acceptors (Lipinski definition) is 7. The van der Waals surface area contributed by atoms with Crippen LogP contribution in [0.15, 0.2) is 130 Å². The molecule has 0 bridgehead atoms. The van der Waals surface area contributed by atoms with E-state index in [9.17, 15) is 0 Å². The van der Waals surface area contributed by atoms with Gasteiger partial charge in [0.05, 0.1) is 36.7 Å². The van der Waals surface area contributed by atoms with Crippen molar-refractivity contribution in [1.29, 1.82) is 0 Å². The first kappa shape index (κ1) is 36.6. The fourth-order valence-electron chi connectivity index (χ4n) is 8.00. The number of aryl methyl sites for hydroxylation is 2. The first-order chi connectivity index (χ1) is 27.1. The van der Waals surface area contributed by atoms with Crippen LogP contribution in [0.25, 0.3) is 23.3 Å². The van der Waals surface area contributed by atoms with Crippen LogP contribution in [-0.4, -0.2) is 59.5 Å². The third-order valence-corrected chi connectivity index (χ3v) is 10.9. The lowest BCUT2D eigenvalue weighted by molar-refractivity contribution is 0.0313. The molecule has 4 aromatic carbocycles. The predicted octanol–water partition coefficient (Wildman–Crippen LogP) is 10.4. The van der Waals surface area contributed by atoms with E-state index < -0.39 is 0 Å². The second-order valence-electron chi connectivity index (χ2n) is 14.9. The molecule has 0 N–H and O–H groups in total. The Labute approximate surface area is 324 Å². The number of benzene rings is 4. The minimum atomic E-state index is 0.184. The van der Waals surface area contributed by atoms with Gasteiger partial charge < -0.3 is 13.8 Å². The second-order valence-corrected chi connectivity index (χ2v) is 14.9. The van der Waals surface area contributed by atoms with Gasteiger partial charge in [0.15, 0.2) is 11.5 Å². The van der Waals surface area contributed by atoms with Crippen molar-refractivity contribution in [2.45, 2.75) is 51.6 Å². The Morgan fingerprint density at radius 1 is 0.564 bits per heavy atom. The summed E-state index contributed by atoms with van der Waals surface area (Å²) in [6.07, 6.45) is 9.25. The fraction of sp³-hybridized carbons (Fsp3) is 0.292. The maximum Gasteiger partial charge on any atom is 0.167 e. The molecule has 2 saturated heterocycles. The van der Waals surface area contributed by atoms with Crippen LogP contribution >= 0.6 is 0 Å². The summed E-state index contributed by atoms with van der Waals surface area (Å²) in [4.78, 5) is 5.20. The van der Waals surface area contributed by atoms with Crippen LogP contribution in [0.4, 0.5) is 0 Å². The summed E-state index contributed by atoms with van der Waals surface area (Å²) in [7, 11) is 0. The topological polar surface area (TPSA) is 67.8 Å². The van der Waals surface area contributed by atoms with E-state index in [1.807, 2.05) is 38.1 Å². The summed E-state index contributed by atoms with van der Waals surface area (Å²) in [6.45, 7) is 9.57. The van der Waals surface area contributed by atoms with Gasteiger partial charge in [0.2, 0.25) is 0 Å². The van der Waals surface area contributed by atoms with Gasteiger partial charge in [-0.05, 0) is 111 Å². The third-order valence-electron chi connectivity index (χ3n) is 10.9. The van der Waals surface area contributed by atoms with Crippen molar-refractivity contribution in [3.63, 3.8) is 0 Å². The van der Waals surface area contributed by atoms with Gasteiger partial charge in [0, 0.05) is 23.3 Å². The number of aromatic nitrogens is 2. The zero-order valence-electron chi connectivity index (χ0n) is 31.9. The number of nitrogens with zero attached hydrogens (tertiary/aromatic N) is 4. The molecule has 4 heterocycles. The van der Waals surface area contributed by atoms with Crippen molar-refractivity contribution in [1.82, 2.24) is 20.1 Å². The van der Waals surface area contributed by atoms with Gasteiger partial charge in [-0.1, -0.05) is 120 Å². The van der Waals surface area contributed by atoms with E-state index >= 15 is 0 Å². The van der Waals surface area contributed by atoms with E-state index in [4.69, 9.17) is 13.8 Å². The SMILES string of the molecule is Cc1cc(/C(=C\c2ccccc2)c2ccc(C(COCC(c3ccc(/C(=C/c4ccccc4)c4cc(C)no4)cc3)N3CCCC3)N3CCCC3)cc2)on1. The maximum atomic E-state index is 6.80. The van der Waals surface area contributed by atoms with Gasteiger partial charge in [-0.15, -0.1) is 0 Å². The van der Waals surface area contributed by atoms with Gasteiger partial charge in [0.1, 0.15) is 0 Å². The van der Waals surface area contributed by atoms with Crippen LogP contribution in [0.1, 0.15) is 94.1 Å². The highest BCUT2D eigenvalue weighted by molar-refractivity contribution is 5.90. The Morgan fingerprint density at radius 3 is 1.29 bits per heavy atom. The molecule has 2 fully saturated rings. The Kier molecular flexibility index (Phi) is 11.6. The highest BCUT2D eigenvalue weighted by Crippen LogP contribution is 2.33. The van der Waals surface area contributed by atoms with Crippen molar-refractivity contribution in [2.75, 3.05) is 39.4 Å². The zero-order chi connectivity index (χ0) is 37.4. The third kappa shape index (κ3) is 8.97. The Hall–Kier alpha value is -5.34. The molecule has 2 aliphatic rings. The summed E-state index contributed by atoms with van der Waals surface area (Å²) in [5.41, 5.74) is 10.8. The molecule has 0 radical (unpaired) electrons. The molecule has 0 spiro atoms. The molecule has 0 amide bonds. The smallest absolute Gasteiger partial charge is 0.167 e. The van der Waals surface area contributed by atoms with Crippen molar-refractivity contribution in [3.8, 4) is 0 Å². The van der Waals surface area contributed by atoms with E-state index in [2.05, 4.69) is 129 Å². The molecule has 8 rings (SSSR count). The van der Waals surface area contributed by atoms with Crippen molar-refractivity contribution < 1.29 is 13.8 Å². The lowest BCUT2D eigenvalue weighted by Gasteiger charge is -2.31. The fourth-order valence-corrected chi connectivity index (χ4v) is 8.00. The molecule has 2 aromatic heterocycles. The molecule has 7 heteroatoms. The van der Waals surface area contributed by atoms with Gasteiger partial charge in [-0.25, -0.2) is 0 Å². The lowest BCUT2D eigenvalue weighted by atomic mass is 9.96. The van der Waals surface area contributed by atoms with E-state index in [1.165, 1.54) is 36.8 Å². The summed E-state index contributed by atoms with van der Waals surface area (Å²) in [5, 5.41) is 8.38. The Morgan fingerprint density at radius 2 is 0.945 bits per heavy atom. The molecule has 6 aromatic rings. The van der Waals surface area contributed by atoms with Crippen LogP contribution in [0, 0.1) is 13.8 Å². The Bertz CT molecular complexity index is 2020. The first-order valence-corrected chi connectivity index (χ1v) is 19.7. The standard InChI is InChI=1S/C48H50N4O3/c1-35-29-47(54-49-35)43(31-37-13-5-3-6-14-37)39-17-21-41(22-18-39)45(51-25-9-10-26-51)33-53-34-46(52-27-11-12-28-52)42-23-19-40(20-24-42)44(48-30-36(2)50-55-48)32-38-15-7-4-8-16-38/h3-8,13-24,29-32,45-46H,9-12,25-28,33-34H2,1-2H3/b43-31-,44-32-. The van der Waals surface area contributed by atoms with Crippen molar-refractivity contribution in [3.05, 3.63) is 178 Å². The van der Waals surface area contributed by atoms with Crippen LogP contribution in [0.3, 0.4) is 0 Å². The van der Waals surface area contributed by atoms with Gasteiger partial charge in [0.25, 0.3) is 0 Å². The minimum Gasteiger partial charge on any atom is -0.377 e. The lowest BCUT2D eigenvalue weighted by Crippen LogP contribution is -2.32. The molecule has 0 aliphatic carbocycles. The second kappa shape index (κ2) is 17.4. The number of likely N-dealkylation sites (tertiary alicyclic amines) is 2. The normalized spacial score (nSPS) is 16.8. The summed E-state index contributed by atoms with van der Waals surface area (Å²) >= 11 is 0. The molecule has 280 valence electrons. The quantitative estimate of drug-likeness (QED) is 0.103. The Balaban J connectivity index is 1.02. The zero-order valence-corrected chi connectivity index (χ0v) is 31.9. The van der Waals surface area contributed by atoms with E-state index in [0.717, 1.165) is 82.5 Å². The van der Waals surface area contributed by atoms with Crippen LogP contribution in [-0.2, 0) is 4.74 Å². The highest BCUT2D eigenvalue weighted by Gasteiger charge is 2.28. The highest BCUT2D eigenvalue weighted by atomic mass is 16.5. The number of hydrogen-bond donors (Lipinski definition) is 0. The summed E-state index contributed by atoms with van der Waals surface area (Å²) in [5.74, 6) is 1.54. The molecule has 0 saturated carbocycles. The van der Waals surface area contributed by atoms with Crippen molar-refractivity contribution >= 4 is 23.3 Å². The van der Waals surface area contributed by atoms with Crippen LogP contribution in [0.5, 0.6) is 0 Å². The first-order valence-electron chi connectivity index (χ1n) is 19.7. The molecule has 2 atom stereocenters. The molecule has 55 heavy (non-hydrogen) atoms. The van der Waals surface area contributed by atoms with Crippen LogP contribution in [0.2, 0.25) is 0 Å². The van der Waals surface area contributed by atoms with E-state index in [0.29, 0.717) is 13.2 Å². The monoisotopic (exact) mass is 730 g/mol. The molecule has 2 aliphatic heterocycles. The average molecular weight is 731 g/mol. The largest absolute Gasteiger partial charge is 0.377 e. The van der Waals surface area contributed by atoms with E-state index in [-0.39, 0.29) is 12.1 Å². The van der Waals surface area contributed by atoms with Gasteiger partial charge in [-0.3, -0.25) is 9.80 Å². The maximum absolute atomic E-state index is 6.80. The number of rotatable bonds is 14. The van der Waals surface area contributed by atoms with Crippen molar-refractivity contribution in [2.24, 2.45) is 0 Å². The molecular weight excluding hydrogens is 681 g/mol. The molecule has 7 nitrogen and oxygen atoms in total. The van der Waals surface area contributed by atoms with Crippen LogP contribution < -0.4 is 0 Å². The summed E-state index contributed by atoms with van der Waals surface area (Å²) in [6, 6.07) is 43.1. The van der Waals surface area contributed by atoms with Gasteiger partial charge in [-0.2, -0.15) is 0 Å². The van der Waals surface area contributed by atoms with Gasteiger partial charge >= 0.3 is 0 Å². The van der Waals surface area contributed by atoms with E-state index in [1.54, 1.807) is 0 Å².